The van der Waals surface area contributed by atoms with Crippen LogP contribution in [0.3, 0.4) is 0 Å². The zero-order valence-electron chi connectivity index (χ0n) is 29.4. The zero-order valence-corrected chi connectivity index (χ0v) is 29.4. The van der Waals surface area contributed by atoms with Crippen LogP contribution in [0.25, 0.3) is 0 Å². The van der Waals surface area contributed by atoms with Gasteiger partial charge in [-0.3, -0.25) is 0 Å². The quantitative estimate of drug-likeness (QED) is 0.0654. The largest absolute Gasteiger partial charge is 0.412 e. The first-order valence-electron chi connectivity index (χ1n) is 19.9. The Kier molecular flexibility index (Phi) is 44.2. The van der Waals surface area contributed by atoms with Crippen LogP contribution in [0.15, 0.2) is 0 Å². The summed E-state index contributed by atoms with van der Waals surface area (Å²) < 4.78 is 0. The average Bonchev–Trinajstić information content (AvgIpc) is 2.97. The standard InChI is InChI=1S/C40H82.H2O/c1-3-5-7-9-11-13-15-17-19-21-23-25-27-29-31-33-35-37-39-40-38-36-34-32-30-28-26-24-22-20-18-16-14-12-10-8-6-4-2;/h3-40H2,1-2H3;1H2. The second-order valence-electron chi connectivity index (χ2n) is 13.7. The lowest BCUT2D eigenvalue weighted by molar-refractivity contribution is 0.510. The lowest BCUT2D eigenvalue weighted by Gasteiger charge is -2.05. The molecule has 0 saturated heterocycles. The molecule has 250 valence electrons. The molecule has 1 nitrogen and oxygen atoms in total. The molecule has 0 amide bonds. The highest BCUT2D eigenvalue weighted by Crippen LogP contribution is 2.17. The molecule has 0 bridgehead atoms. The lowest BCUT2D eigenvalue weighted by Crippen LogP contribution is -1.85. The highest BCUT2D eigenvalue weighted by Gasteiger charge is 1.97. The zero-order chi connectivity index (χ0) is 28.9. The molecule has 2 N–H and O–H groups in total. The van der Waals surface area contributed by atoms with E-state index in [2.05, 4.69) is 13.8 Å². The van der Waals surface area contributed by atoms with Crippen LogP contribution in [0.5, 0.6) is 0 Å². The van der Waals surface area contributed by atoms with Gasteiger partial charge in [0, 0.05) is 0 Å². The van der Waals surface area contributed by atoms with Crippen molar-refractivity contribution in [3.05, 3.63) is 0 Å². The van der Waals surface area contributed by atoms with Gasteiger partial charge in [-0.15, -0.1) is 0 Å². The van der Waals surface area contributed by atoms with Crippen molar-refractivity contribution in [2.45, 2.75) is 258 Å². The fourth-order valence-electron chi connectivity index (χ4n) is 6.51. The van der Waals surface area contributed by atoms with Crippen LogP contribution in [-0.2, 0) is 0 Å². The summed E-state index contributed by atoms with van der Waals surface area (Å²) in [7, 11) is 0. The maximum absolute atomic E-state index is 2.31. The molecule has 0 aliphatic rings. The third-order valence-electron chi connectivity index (χ3n) is 9.46. The van der Waals surface area contributed by atoms with E-state index in [1.54, 1.807) is 0 Å². The van der Waals surface area contributed by atoms with Gasteiger partial charge in [0.1, 0.15) is 0 Å². The molecular weight excluding hydrogens is 496 g/mol. The van der Waals surface area contributed by atoms with Gasteiger partial charge in [0.05, 0.1) is 0 Å². The van der Waals surface area contributed by atoms with Gasteiger partial charge in [-0.2, -0.15) is 0 Å². The second-order valence-corrected chi connectivity index (χ2v) is 13.7. The molecule has 0 atom stereocenters. The average molecular weight is 581 g/mol. The van der Waals surface area contributed by atoms with Gasteiger partial charge in [0.25, 0.3) is 0 Å². The van der Waals surface area contributed by atoms with Crippen molar-refractivity contribution in [1.29, 1.82) is 0 Å². The third-order valence-corrected chi connectivity index (χ3v) is 9.46. The van der Waals surface area contributed by atoms with Crippen LogP contribution in [0.2, 0.25) is 0 Å². The molecule has 0 aromatic rings. The molecule has 0 aliphatic carbocycles. The fourth-order valence-corrected chi connectivity index (χ4v) is 6.51. The Morgan fingerprint density at radius 1 is 0.146 bits per heavy atom. The summed E-state index contributed by atoms with van der Waals surface area (Å²) in [6, 6.07) is 0. The summed E-state index contributed by atoms with van der Waals surface area (Å²) in [5.41, 5.74) is 0. The molecule has 0 saturated carbocycles. The first-order valence-corrected chi connectivity index (χ1v) is 19.9. The normalized spacial score (nSPS) is 11.3. The molecule has 0 aromatic heterocycles. The third kappa shape index (κ3) is 42.2. The Morgan fingerprint density at radius 2 is 0.220 bits per heavy atom. The summed E-state index contributed by atoms with van der Waals surface area (Å²) in [6.45, 7) is 4.62. The van der Waals surface area contributed by atoms with E-state index in [9.17, 15) is 0 Å². The fraction of sp³-hybridized carbons (Fsp3) is 1.00. The highest BCUT2D eigenvalue weighted by atomic mass is 16.0. The summed E-state index contributed by atoms with van der Waals surface area (Å²) in [4.78, 5) is 0. The Bertz CT molecular complexity index is 368. The number of hydrogen-bond acceptors (Lipinski definition) is 0. The monoisotopic (exact) mass is 581 g/mol. The summed E-state index contributed by atoms with van der Waals surface area (Å²) in [5, 5.41) is 0. The first-order chi connectivity index (χ1) is 19.9. The lowest BCUT2D eigenvalue weighted by atomic mass is 10.0. The van der Waals surface area contributed by atoms with E-state index in [0.717, 1.165) is 0 Å². The minimum Gasteiger partial charge on any atom is -0.412 e. The van der Waals surface area contributed by atoms with Crippen LogP contribution in [-0.4, -0.2) is 5.48 Å². The van der Waals surface area contributed by atoms with Gasteiger partial charge in [-0.1, -0.05) is 258 Å². The van der Waals surface area contributed by atoms with E-state index in [0.29, 0.717) is 0 Å². The summed E-state index contributed by atoms with van der Waals surface area (Å²) in [5.74, 6) is 0. The first kappa shape index (κ1) is 43.1. The SMILES string of the molecule is CCCCCCCCCCCCCCCCCCCCCCCCCCCCCCCCCCCCCCCC.O. The van der Waals surface area contributed by atoms with Crippen LogP contribution < -0.4 is 0 Å². The Morgan fingerprint density at radius 3 is 0.293 bits per heavy atom. The molecule has 0 aromatic carbocycles. The minimum atomic E-state index is 0. The number of rotatable bonds is 37. The van der Waals surface area contributed by atoms with Gasteiger partial charge < -0.3 is 5.48 Å². The molecule has 0 aliphatic heterocycles. The summed E-state index contributed by atoms with van der Waals surface area (Å²) in [6.07, 6.45) is 56.4. The molecule has 0 radical (unpaired) electrons. The van der Waals surface area contributed by atoms with Gasteiger partial charge in [0.15, 0.2) is 0 Å². The molecule has 0 heterocycles. The Hall–Kier alpha value is -0.0400. The van der Waals surface area contributed by atoms with E-state index in [1.165, 1.54) is 244 Å². The minimum absolute atomic E-state index is 0. The molecule has 0 spiro atoms. The maximum atomic E-state index is 2.31. The van der Waals surface area contributed by atoms with Gasteiger partial charge >= 0.3 is 0 Å². The van der Waals surface area contributed by atoms with E-state index in [4.69, 9.17) is 0 Å². The topological polar surface area (TPSA) is 31.5 Å². The van der Waals surface area contributed by atoms with Crippen molar-refractivity contribution in [1.82, 2.24) is 0 Å². The van der Waals surface area contributed by atoms with E-state index in [1.807, 2.05) is 0 Å². The van der Waals surface area contributed by atoms with Crippen molar-refractivity contribution >= 4 is 0 Å². The predicted octanol–water partition coefficient (Wildman–Crippen LogP) is 15.0. The van der Waals surface area contributed by atoms with Crippen molar-refractivity contribution in [3.8, 4) is 0 Å². The van der Waals surface area contributed by atoms with Crippen molar-refractivity contribution < 1.29 is 5.48 Å². The Balaban J connectivity index is 0. The maximum Gasteiger partial charge on any atom is -0.0533 e. The molecule has 0 rings (SSSR count). The molecule has 0 unspecified atom stereocenters. The number of unbranched alkanes of at least 4 members (excludes halogenated alkanes) is 37. The van der Waals surface area contributed by atoms with Crippen LogP contribution in [0.4, 0.5) is 0 Å². The van der Waals surface area contributed by atoms with E-state index < -0.39 is 0 Å². The number of hydrogen-bond donors (Lipinski definition) is 0. The Labute approximate surface area is 262 Å². The van der Waals surface area contributed by atoms with Crippen molar-refractivity contribution in [3.63, 3.8) is 0 Å². The van der Waals surface area contributed by atoms with Gasteiger partial charge in [0.2, 0.25) is 0 Å². The van der Waals surface area contributed by atoms with E-state index >= 15 is 0 Å². The molecule has 1 heteroatoms. The second kappa shape index (κ2) is 42.1. The van der Waals surface area contributed by atoms with Crippen LogP contribution in [0.1, 0.15) is 258 Å². The van der Waals surface area contributed by atoms with Gasteiger partial charge in [-0.05, 0) is 0 Å². The summed E-state index contributed by atoms with van der Waals surface area (Å²) >= 11 is 0. The molecule has 0 fully saturated rings. The molecular formula is C40H84O. The predicted molar refractivity (Wildman–Crippen MR) is 190 cm³/mol. The smallest absolute Gasteiger partial charge is 0.0533 e. The van der Waals surface area contributed by atoms with Crippen molar-refractivity contribution in [2.75, 3.05) is 0 Å². The van der Waals surface area contributed by atoms with Crippen LogP contribution >= 0.6 is 0 Å². The van der Waals surface area contributed by atoms with E-state index in [-0.39, 0.29) is 5.48 Å². The van der Waals surface area contributed by atoms with Crippen LogP contribution in [0, 0.1) is 0 Å². The highest BCUT2D eigenvalue weighted by molar-refractivity contribution is 4.53. The van der Waals surface area contributed by atoms with Gasteiger partial charge in [-0.25, -0.2) is 0 Å². The van der Waals surface area contributed by atoms with Crippen molar-refractivity contribution in [2.24, 2.45) is 0 Å². The molecule has 41 heavy (non-hydrogen) atoms.